The third kappa shape index (κ3) is 3.91. The number of anilines is 1. The van der Waals surface area contributed by atoms with Crippen LogP contribution in [0.15, 0.2) is 41.4 Å². The monoisotopic (exact) mass is 358 g/mol. The molecule has 7 heteroatoms. The summed E-state index contributed by atoms with van der Waals surface area (Å²) in [6, 6.07) is 12.0. The molecule has 0 bridgehead atoms. The summed E-state index contributed by atoms with van der Waals surface area (Å²) in [4.78, 5) is 17.1. The number of benzene rings is 1. The lowest BCUT2D eigenvalue weighted by molar-refractivity contribution is -0.115. The van der Waals surface area contributed by atoms with Crippen LogP contribution in [0.5, 0.6) is 0 Å². The molecule has 0 aliphatic carbocycles. The van der Waals surface area contributed by atoms with Crippen LogP contribution < -0.4 is 5.32 Å². The van der Waals surface area contributed by atoms with Crippen LogP contribution in [0.2, 0.25) is 0 Å². The van der Waals surface area contributed by atoms with Crippen LogP contribution in [-0.4, -0.2) is 26.3 Å². The van der Waals surface area contributed by atoms with Crippen molar-refractivity contribution >= 4 is 45.0 Å². The van der Waals surface area contributed by atoms with Gasteiger partial charge in [0.15, 0.2) is 0 Å². The molecule has 5 nitrogen and oxygen atoms in total. The third-order valence-electron chi connectivity index (χ3n) is 3.50. The number of pyridine rings is 1. The topological polar surface area (TPSA) is 67.8 Å². The number of aryl methyl sites for hydroxylation is 1. The van der Waals surface area contributed by atoms with Crippen molar-refractivity contribution < 1.29 is 4.79 Å². The summed E-state index contributed by atoms with van der Waals surface area (Å²) in [6.07, 6.45) is 1.53. The van der Waals surface area contributed by atoms with E-state index >= 15 is 0 Å². The molecule has 1 atom stereocenters. The molecule has 3 rings (SSSR count). The van der Waals surface area contributed by atoms with Crippen LogP contribution in [-0.2, 0) is 11.2 Å². The number of fused-ring (bicyclic) bond motifs is 1. The number of para-hydroxylation sites is 1. The van der Waals surface area contributed by atoms with Gasteiger partial charge in [0.2, 0.25) is 11.0 Å². The molecule has 0 spiro atoms. The number of aromatic nitrogens is 3. The Morgan fingerprint density at radius 2 is 2.04 bits per heavy atom. The second-order valence-corrected chi connectivity index (χ2v) is 7.49. The summed E-state index contributed by atoms with van der Waals surface area (Å²) in [7, 11) is 0. The largest absolute Gasteiger partial charge is 0.300 e. The number of nitrogens with one attached hydrogen (secondary N) is 1. The Balaban J connectivity index is 1.71. The molecule has 2 aromatic heterocycles. The minimum atomic E-state index is -0.215. The quantitative estimate of drug-likeness (QED) is 0.670. The van der Waals surface area contributed by atoms with Crippen molar-refractivity contribution in [1.82, 2.24) is 15.2 Å². The van der Waals surface area contributed by atoms with Gasteiger partial charge in [-0.3, -0.25) is 10.1 Å². The molecule has 3 aromatic rings. The Hall–Kier alpha value is -1.99. The maximum Gasteiger partial charge on any atom is 0.239 e. The summed E-state index contributed by atoms with van der Waals surface area (Å²) >= 11 is 2.89. The Kier molecular flexibility index (Phi) is 5.42. The molecule has 0 aliphatic heterocycles. The zero-order chi connectivity index (χ0) is 16.9. The number of amides is 1. The molecule has 0 fully saturated rings. The lowest BCUT2D eigenvalue weighted by Crippen LogP contribution is -2.24. The van der Waals surface area contributed by atoms with Crippen LogP contribution in [0.25, 0.3) is 10.9 Å². The van der Waals surface area contributed by atoms with Crippen LogP contribution in [0.4, 0.5) is 5.13 Å². The standard InChI is InChI=1S/C17H18N4OS2/c1-3-13(16(22)19-17-21-20-14(4-2)24-17)23-15-10-9-11-7-5-6-8-12(11)18-15/h5-10,13H,3-4H2,1-2H3,(H,19,21,22)/t13-/m0/s1. The molecule has 1 aromatic carbocycles. The van der Waals surface area contributed by atoms with E-state index in [4.69, 9.17) is 0 Å². The van der Waals surface area contributed by atoms with Gasteiger partial charge in [-0.1, -0.05) is 61.2 Å². The average molecular weight is 358 g/mol. The normalized spacial score (nSPS) is 12.2. The van der Waals surface area contributed by atoms with E-state index in [1.54, 1.807) is 0 Å². The van der Waals surface area contributed by atoms with Gasteiger partial charge in [-0.25, -0.2) is 4.98 Å². The maximum atomic E-state index is 12.5. The molecule has 0 saturated heterocycles. The van der Waals surface area contributed by atoms with Gasteiger partial charge in [-0.2, -0.15) is 0 Å². The summed E-state index contributed by atoms with van der Waals surface area (Å²) in [6.45, 7) is 4.01. The average Bonchev–Trinajstić information content (AvgIpc) is 3.07. The van der Waals surface area contributed by atoms with Gasteiger partial charge in [0.25, 0.3) is 0 Å². The predicted molar refractivity (Wildman–Crippen MR) is 99.6 cm³/mol. The SMILES string of the molecule is CCc1nnc(NC(=O)[C@H](CC)Sc2ccc3ccccc3n2)s1. The van der Waals surface area contributed by atoms with Gasteiger partial charge in [0, 0.05) is 5.39 Å². The van der Waals surface area contributed by atoms with Crippen LogP contribution in [0, 0.1) is 0 Å². The Morgan fingerprint density at radius 1 is 1.21 bits per heavy atom. The molecular weight excluding hydrogens is 340 g/mol. The Morgan fingerprint density at radius 3 is 2.79 bits per heavy atom. The highest BCUT2D eigenvalue weighted by atomic mass is 32.2. The number of carbonyl (C=O) groups is 1. The zero-order valence-electron chi connectivity index (χ0n) is 13.5. The number of thioether (sulfide) groups is 1. The summed E-state index contributed by atoms with van der Waals surface area (Å²) in [5, 5.41) is 14.1. The highest BCUT2D eigenvalue weighted by Gasteiger charge is 2.20. The van der Waals surface area contributed by atoms with E-state index in [0.29, 0.717) is 11.6 Å². The van der Waals surface area contributed by atoms with E-state index in [1.165, 1.54) is 23.1 Å². The van der Waals surface area contributed by atoms with Crippen LogP contribution >= 0.6 is 23.1 Å². The number of rotatable bonds is 6. The van der Waals surface area contributed by atoms with E-state index in [2.05, 4.69) is 20.5 Å². The smallest absolute Gasteiger partial charge is 0.239 e. The number of hydrogen-bond donors (Lipinski definition) is 1. The van der Waals surface area contributed by atoms with Gasteiger partial charge in [-0.15, -0.1) is 10.2 Å². The molecule has 2 heterocycles. The second-order valence-electron chi connectivity index (χ2n) is 5.20. The van der Waals surface area contributed by atoms with E-state index in [-0.39, 0.29) is 11.2 Å². The van der Waals surface area contributed by atoms with Crippen molar-refractivity contribution in [2.45, 2.75) is 37.0 Å². The lowest BCUT2D eigenvalue weighted by Gasteiger charge is -2.13. The maximum absolute atomic E-state index is 12.5. The minimum Gasteiger partial charge on any atom is -0.300 e. The molecule has 124 valence electrons. The van der Waals surface area contributed by atoms with Gasteiger partial charge >= 0.3 is 0 Å². The van der Waals surface area contributed by atoms with Crippen molar-refractivity contribution in [3.8, 4) is 0 Å². The fourth-order valence-electron chi connectivity index (χ4n) is 2.21. The molecular formula is C17H18N4OS2. The first kappa shape index (κ1) is 16.9. The van der Waals surface area contributed by atoms with Crippen molar-refractivity contribution in [2.75, 3.05) is 5.32 Å². The summed E-state index contributed by atoms with van der Waals surface area (Å²) in [5.41, 5.74) is 0.939. The Bertz CT molecular complexity index is 849. The fraction of sp³-hybridized carbons (Fsp3) is 0.294. The number of carbonyl (C=O) groups excluding carboxylic acids is 1. The molecule has 0 unspecified atom stereocenters. The molecule has 1 N–H and O–H groups in total. The van der Waals surface area contributed by atoms with Crippen LogP contribution in [0.1, 0.15) is 25.3 Å². The summed E-state index contributed by atoms with van der Waals surface area (Å²) in [5.74, 6) is -0.0590. The minimum absolute atomic E-state index is 0.0590. The highest BCUT2D eigenvalue weighted by molar-refractivity contribution is 8.00. The first-order valence-electron chi connectivity index (χ1n) is 7.85. The van der Waals surface area contributed by atoms with E-state index < -0.39 is 0 Å². The van der Waals surface area contributed by atoms with Crippen LogP contribution in [0.3, 0.4) is 0 Å². The van der Waals surface area contributed by atoms with Gasteiger partial charge in [0.05, 0.1) is 15.8 Å². The summed E-state index contributed by atoms with van der Waals surface area (Å²) < 4.78 is 0. The van der Waals surface area contributed by atoms with E-state index in [0.717, 1.165) is 27.4 Å². The molecule has 0 aliphatic rings. The second kappa shape index (κ2) is 7.72. The Labute approximate surface area is 148 Å². The number of nitrogens with zero attached hydrogens (tertiary/aromatic N) is 3. The first-order valence-corrected chi connectivity index (χ1v) is 9.55. The van der Waals surface area contributed by atoms with Crippen molar-refractivity contribution in [3.63, 3.8) is 0 Å². The fourth-order valence-corrected chi connectivity index (χ4v) is 3.82. The first-order chi connectivity index (χ1) is 11.7. The number of hydrogen-bond acceptors (Lipinski definition) is 6. The van der Waals surface area contributed by atoms with Crippen molar-refractivity contribution in [3.05, 3.63) is 41.4 Å². The van der Waals surface area contributed by atoms with Gasteiger partial charge in [0.1, 0.15) is 5.01 Å². The van der Waals surface area contributed by atoms with Gasteiger partial charge in [-0.05, 0) is 25.0 Å². The molecule has 24 heavy (non-hydrogen) atoms. The molecule has 0 saturated carbocycles. The van der Waals surface area contributed by atoms with E-state index in [9.17, 15) is 4.79 Å². The van der Waals surface area contributed by atoms with E-state index in [1.807, 2.05) is 50.2 Å². The zero-order valence-corrected chi connectivity index (χ0v) is 15.2. The molecule has 1 amide bonds. The highest BCUT2D eigenvalue weighted by Crippen LogP contribution is 2.27. The molecule has 0 radical (unpaired) electrons. The third-order valence-corrected chi connectivity index (χ3v) is 5.78. The predicted octanol–water partition coefficient (Wildman–Crippen LogP) is 4.16. The lowest BCUT2D eigenvalue weighted by atomic mass is 10.2. The van der Waals surface area contributed by atoms with Crippen molar-refractivity contribution in [1.29, 1.82) is 0 Å². The van der Waals surface area contributed by atoms with Crippen molar-refractivity contribution in [2.24, 2.45) is 0 Å². The van der Waals surface area contributed by atoms with Gasteiger partial charge < -0.3 is 0 Å².